The van der Waals surface area contributed by atoms with Crippen molar-refractivity contribution >= 4 is 17.7 Å². The second-order valence-electron chi connectivity index (χ2n) is 7.16. The van der Waals surface area contributed by atoms with Gasteiger partial charge in [-0.3, -0.25) is 4.79 Å². The summed E-state index contributed by atoms with van der Waals surface area (Å²) in [5, 5.41) is 6.99. The van der Waals surface area contributed by atoms with Crippen LogP contribution in [0.4, 0.5) is 0 Å². The summed E-state index contributed by atoms with van der Waals surface area (Å²) < 4.78 is 16.8. The zero-order chi connectivity index (χ0) is 20.5. The van der Waals surface area contributed by atoms with E-state index in [1.807, 2.05) is 24.3 Å². The molecule has 0 aliphatic heterocycles. The van der Waals surface area contributed by atoms with E-state index in [0.29, 0.717) is 29.8 Å². The predicted octanol–water partition coefficient (Wildman–Crippen LogP) is 3.91. The second-order valence-corrected chi connectivity index (χ2v) is 8.14. The molecule has 1 aliphatic carbocycles. The Hall–Kier alpha value is -2.22. The third-order valence-corrected chi connectivity index (χ3v) is 5.60. The van der Waals surface area contributed by atoms with Gasteiger partial charge in [-0.1, -0.05) is 18.5 Å². The van der Waals surface area contributed by atoms with Crippen LogP contribution < -0.4 is 14.8 Å². The quantitative estimate of drug-likeness (QED) is 0.625. The highest BCUT2D eigenvalue weighted by Crippen LogP contribution is 2.26. The molecule has 1 heterocycles. The summed E-state index contributed by atoms with van der Waals surface area (Å²) in [6, 6.07) is 7.75. The van der Waals surface area contributed by atoms with E-state index >= 15 is 0 Å². The Balaban J connectivity index is 1.46. The summed E-state index contributed by atoms with van der Waals surface area (Å²) >= 11 is 1.48. The van der Waals surface area contributed by atoms with Crippen molar-refractivity contribution in [1.29, 1.82) is 0 Å². The number of aryl methyl sites for hydroxylation is 1. The fourth-order valence-electron chi connectivity index (χ4n) is 3.30. The first-order chi connectivity index (χ1) is 14.1. The SMILES string of the molecule is CCCOc1ccc(O[C@H]2CCCC[C@H]2NC(=O)CSCc2noc(C)n2)cc1. The first-order valence-corrected chi connectivity index (χ1v) is 11.4. The molecule has 0 spiro atoms. The van der Waals surface area contributed by atoms with Crippen molar-refractivity contribution in [2.45, 2.75) is 63.9 Å². The number of aromatic nitrogens is 2. The fraction of sp³-hybridized carbons (Fsp3) is 0.571. The Bertz CT molecular complexity index is 766. The van der Waals surface area contributed by atoms with Crippen molar-refractivity contribution in [1.82, 2.24) is 15.5 Å². The molecule has 8 heteroatoms. The fourth-order valence-corrected chi connectivity index (χ4v) is 3.97. The number of rotatable bonds is 10. The lowest BCUT2D eigenvalue weighted by molar-refractivity contribution is -0.120. The molecule has 1 aliphatic rings. The van der Waals surface area contributed by atoms with E-state index in [9.17, 15) is 4.79 Å². The van der Waals surface area contributed by atoms with E-state index < -0.39 is 0 Å². The number of nitrogens with one attached hydrogen (secondary N) is 1. The van der Waals surface area contributed by atoms with Crippen LogP contribution in [-0.2, 0) is 10.5 Å². The van der Waals surface area contributed by atoms with Crippen molar-refractivity contribution in [3.8, 4) is 11.5 Å². The predicted molar refractivity (Wildman–Crippen MR) is 112 cm³/mol. The van der Waals surface area contributed by atoms with Crippen LogP contribution in [-0.4, -0.2) is 40.6 Å². The Kier molecular flexibility index (Phi) is 8.22. The highest BCUT2D eigenvalue weighted by atomic mass is 32.2. The Morgan fingerprint density at radius 1 is 1.24 bits per heavy atom. The van der Waals surface area contributed by atoms with Gasteiger partial charge >= 0.3 is 0 Å². The molecule has 0 radical (unpaired) electrons. The number of hydrogen-bond acceptors (Lipinski definition) is 7. The van der Waals surface area contributed by atoms with Crippen LogP contribution in [0.2, 0.25) is 0 Å². The number of hydrogen-bond donors (Lipinski definition) is 1. The van der Waals surface area contributed by atoms with Gasteiger partial charge < -0.3 is 19.3 Å². The zero-order valence-electron chi connectivity index (χ0n) is 17.1. The van der Waals surface area contributed by atoms with Crippen molar-refractivity contribution < 1.29 is 18.8 Å². The third-order valence-electron chi connectivity index (χ3n) is 4.67. The molecule has 1 aromatic carbocycles. The van der Waals surface area contributed by atoms with Crippen LogP contribution in [0.5, 0.6) is 11.5 Å². The molecule has 1 amide bonds. The van der Waals surface area contributed by atoms with E-state index in [-0.39, 0.29) is 18.1 Å². The molecule has 158 valence electrons. The monoisotopic (exact) mass is 419 g/mol. The molecule has 3 rings (SSSR count). The minimum Gasteiger partial charge on any atom is -0.494 e. The Labute approximate surface area is 175 Å². The lowest BCUT2D eigenvalue weighted by Crippen LogP contribution is -2.48. The number of nitrogens with zero attached hydrogens (tertiary/aromatic N) is 2. The summed E-state index contributed by atoms with van der Waals surface area (Å²) in [4.78, 5) is 16.5. The average molecular weight is 420 g/mol. The van der Waals surface area contributed by atoms with E-state index in [1.54, 1.807) is 6.92 Å². The molecule has 2 atom stereocenters. The summed E-state index contributed by atoms with van der Waals surface area (Å²) in [5.41, 5.74) is 0. The number of carbonyl (C=O) groups is 1. The van der Waals surface area contributed by atoms with Crippen molar-refractivity contribution in [3.05, 3.63) is 36.0 Å². The van der Waals surface area contributed by atoms with Gasteiger partial charge in [-0.2, -0.15) is 4.98 Å². The average Bonchev–Trinajstić information content (AvgIpc) is 3.14. The minimum atomic E-state index is -0.0139. The van der Waals surface area contributed by atoms with Gasteiger partial charge in [0, 0.05) is 6.92 Å². The van der Waals surface area contributed by atoms with E-state index in [1.165, 1.54) is 11.8 Å². The molecule has 1 N–H and O–H groups in total. The van der Waals surface area contributed by atoms with Gasteiger partial charge in [0.15, 0.2) is 5.82 Å². The number of amides is 1. The van der Waals surface area contributed by atoms with Crippen LogP contribution in [0.1, 0.15) is 50.7 Å². The van der Waals surface area contributed by atoms with Crippen LogP contribution >= 0.6 is 11.8 Å². The van der Waals surface area contributed by atoms with Gasteiger partial charge in [0.05, 0.1) is 24.2 Å². The first kappa shape index (κ1) is 21.5. The molecular weight excluding hydrogens is 390 g/mol. The van der Waals surface area contributed by atoms with Crippen molar-refractivity contribution in [2.24, 2.45) is 0 Å². The molecule has 29 heavy (non-hydrogen) atoms. The molecule has 7 nitrogen and oxygen atoms in total. The molecule has 0 saturated heterocycles. The van der Waals surface area contributed by atoms with Crippen LogP contribution in [0.15, 0.2) is 28.8 Å². The highest BCUT2D eigenvalue weighted by Gasteiger charge is 2.28. The maximum Gasteiger partial charge on any atom is 0.230 e. The number of benzene rings is 1. The van der Waals surface area contributed by atoms with Gasteiger partial charge in [0.25, 0.3) is 0 Å². The van der Waals surface area contributed by atoms with E-state index in [2.05, 4.69) is 22.4 Å². The summed E-state index contributed by atoms with van der Waals surface area (Å²) in [5.74, 6) is 3.74. The molecule has 1 saturated carbocycles. The van der Waals surface area contributed by atoms with Crippen LogP contribution in [0, 0.1) is 6.92 Å². The second kappa shape index (κ2) is 11.1. The van der Waals surface area contributed by atoms with E-state index in [4.69, 9.17) is 14.0 Å². The normalized spacial score (nSPS) is 19.0. The molecule has 0 unspecified atom stereocenters. The number of thioether (sulfide) groups is 1. The lowest BCUT2D eigenvalue weighted by atomic mass is 9.92. The molecule has 1 aromatic heterocycles. The molecule has 0 bridgehead atoms. The van der Waals surface area contributed by atoms with Gasteiger partial charge in [-0.05, 0) is 49.9 Å². The standard InChI is InChI=1S/C21H29N3O4S/c1-3-12-26-16-8-10-17(11-9-16)27-19-7-5-4-6-18(19)23-21(25)14-29-13-20-22-15(2)28-24-20/h8-11,18-19H,3-7,12-14H2,1-2H3,(H,23,25)/t18-,19+/m1/s1. The number of ether oxygens (including phenoxy) is 2. The number of carbonyl (C=O) groups excluding carboxylic acids is 1. The molecule has 1 fully saturated rings. The smallest absolute Gasteiger partial charge is 0.230 e. The third kappa shape index (κ3) is 6.96. The molecule has 2 aromatic rings. The maximum absolute atomic E-state index is 12.4. The minimum absolute atomic E-state index is 0.0130. The van der Waals surface area contributed by atoms with E-state index in [0.717, 1.165) is 43.6 Å². The Morgan fingerprint density at radius 3 is 2.72 bits per heavy atom. The lowest BCUT2D eigenvalue weighted by Gasteiger charge is -2.32. The van der Waals surface area contributed by atoms with Crippen LogP contribution in [0.25, 0.3) is 0 Å². The summed E-state index contributed by atoms with van der Waals surface area (Å²) in [7, 11) is 0. The van der Waals surface area contributed by atoms with Crippen molar-refractivity contribution in [3.63, 3.8) is 0 Å². The zero-order valence-corrected chi connectivity index (χ0v) is 17.9. The van der Waals surface area contributed by atoms with Gasteiger partial charge in [-0.25, -0.2) is 0 Å². The summed E-state index contributed by atoms with van der Waals surface area (Å²) in [6.07, 6.45) is 5.05. The summed E-state index contributed by atoms with van der Waals surface area (Å²) in [6.45, 7) is 4.55. The highest BCUT2D eigenvalue weighted by molar-refractivity contribution is 7.99. The van der Waals surface area contributed by atoms with Crippen LogP contribution in [0.3, 0.4) is 0 Å². The molecular formula is C21H29N3O4S. The van der Waals surface area contributed by atoms with Crippen molar-refractivity contribution in [2.75, 3.05) is 12.4 Å². The van der Waals surface area contributed by atoms with Gasteiger partial charge in [-0.15, -0.1) is 11.8 Å². The topological polar surface area (TPSA) is 86.5 Å². The first-order valence-electron chi connectivity index (χ1n) is 10.2. The van der Waals surface area contributed by atoms with Gasteiger partial charge in [0.2, 0.25) is 11.8 Å². The maximum atomic E-state index is 12.4. The largest absolute Gasteiger partial charge is 0.494 e. The Morgan fingerprint density at radius 2 is 2.00 bits per heavy atom. The van der Waals surface area contributed by atoms with Gasteiger partial charge in [0.1, 0.15) is 17.6 Å².